The molecule has 0 radical (unpaired) electrons. The maximum atomic E-state index is 12.6. The molecule has 2 aliphatic rings. The van der Waals surface area contributed by atoms with Crippen LogP contribution in [0.3, 0.4) is 0 Å². The van der Waals surface area contributed by atoms with Gasteiger partial charge in [0.25, 0.3) is 5.56 Å². The monoisotopic (exact) mass is 354 g/mol. The van der Waals surface area contributed by atoms with E-state index in [1.165, 1.54) is 24.3 Å². The summed E-state index contributed by atoms with van der Waals surface area (Å²) < 4.78 is 12.8. The summed E-state index contributed by atoms with van der Waals surface area (Å²) in [6.07, 6.45) is 2.05. The van der Waals surface area contributed by atoms with Gasteiger partial charge < -0.3 is 19.4 Å². The molecule has 0 saturated heterocycles. The minimum atomic E-state index is -0.457. The summed E-state index contributed by atoms with van der Waals surface area (Å²) >= 11 is 0. The number of nitrogens with zero attached hydrogens (tertiary/aromatic N) is 1. The lowest BCUT2D eigenvalue weighted by molar-refractivity contribution is 0.0590. The Morgan fingerprint density at radius 3 is 2.62 bits per heavy atom. The number of carbonyl (C=O) groups is 1. The lowest BCUT2D eigenvalue weighted by Crippen LogP contribution is -2.29. The number of fused-ring (bicyclic) bond motifs is 2. The SMILES string of the molecule is COC(=O)c1c(OC2Cc3ccccc3C2)cc(=O)n2c1CCNCC2. The molecule has 1 N–H and O–H groups in total. The molecule has 0 fully saturated rings. The molecule has 2 heterocycles. The molecule has 0 bridgehead atoms. The van der Waals surface area contributed by atoms with Crippen LogP contribution in [0.2, 0.25) is 0 Å². The molecular weight excluding hydrogens is 332 g/mol. The topological polar surface area (TPSA) is 69.6 Å². The van der Waals surface area contributed by atoms with Gasteiger partial charge in [-0.3, -0.25) is 4.79 Å². The first-order chi connectivity index (χ1) is 12.7. The molecule has 0 spiro atoms. The van der Waals surface area contributed by atoms with Crippen LogP contribution < -0.4 is 15.6 Å². The van der Waals surface area contributed by atoms with E-state index in [0.29, 0.717) is 43.1 Å². The Morgan fingerprint density at radius 2 is 1.92 bits per heavy atom. The van der Waals surface area contributed by atoms with Gasteiger partial charge in [0.1, 0.15) is 17.4 Å². The fraction of sp³-hybridized carbons (Fsp3) is 0.400. The Morgan fingerprint density at radius 1 is 1.19 bits per heavy atom. The van der Waals surface area contributed by atoms with Crippen LogP contribution in [0.4, 0.5) is 0 Å². The maximum Gasteiger partial charge on any atom is 0.343 e. The number of pyridine rings is 1. The summed E-state index contributed by atoms with van der Waals surface area (Å²) in [6, 6.07) is 9.66. The zero-order valence-electron chi connectivity index (χ0n) is 14.8. The van der Waals surface area contributed by atoms with Gasteiger partial charge in [0, 0.05) is 50.7 Å². The molecule has 0 amide bonds. The van der Waals surface area contributed by atoms with Gasteiger partial charge in [0.05, 0.1) is 7.11 Å². The predicted octanol–water partition coefficient (Wildman–Crippen LogP) is 1.33. The summed E-state index contributed by atoms with van der Waals surface area (Å²) in [4.78, 5) is 25.1. The normalized spacial score (nSPS) is 16.5. The van der Waals surface area contributed by atoms with E-state index >= 15 is 0 Å². The Bertz CT molecular complexity index is 878. The number of ether oxygens (including phenoxy) is 2. The van der Waals surface area contributed by atoms with Crippen molar-refractivity contribution in [1.29, 1.82) is 0 Å². The number of benzene rings is 1. The van der Waals surface area contributed by atoms with E-state index in [0.717, 1.165) is 12.8 Å². The highest BCUT2D eigenvalue weighted by Crippen LogP contribution is 2.29. The van der Waals surface area contributed by atoms with E-state index in [2.05, 4.69) is 17.4 Å². The smallest absolute Gasteiger partial charge is 0.343 e. The van der Waals surface area contributed by atoms with Crippen LogP contribution in [0.1, 0.15) is 27.2 Å². The van der Waals surface area contributed by atoms with Gasteiger partial charge >= 0.3 is 5.97 Å². The number of hydrogen-bond acceptors (Lipinski definition) is 5. The first-order valence-electron chi connectivity index (χ1n) is 8.96. The molecule has 6 heteroatoms. The van der Waals surface area contributed by atoms with E-state index in [1.54, 1.807) is 4.57 Å². The van der Waals surface area contributed by atoms with Gasteiger partial charge in [-0.15, -0.1) is 0 Å². The largest absolute Gasteiger partial charge is 0.489 e. The summed E-state index contributed by atoms with van der Waals surface area (Å²) in [6.45, 7) is 1.95. The van der Waals surface area contributed by atoms with Crippen molar-refractivity contribution >= 4 is 5.97 Å². The minimum absolute atomic E-state index is 0.0813. The van der Waals surface area contributed by atoms with Crippen LogP contribution >= 0.6 is 0 Å². The molecule has 1 aromatic carbocycles. The standard InChI is InChI=1S/C20H22N2O4/c1-25-20(24)19-16-6-7-21-8-9-22(16)18(23)12-17(19)26-15-10-13-4-2-3-5-14(13)11-15/h2-5,12,15,21H,6-11H2,1H3. The first-order valence-corrected chi connectivity index (χ1v) is 8.96. The van der Waals surface area contributed by atoms with Crippen molar-refractivity contribution in [3.63, 3.8) is 0 Å². The number of esters is 1. The van der Waals surface area contributed by atoms with Crippen molar-refractivity contribution in [3.05, 3.63) is 63.1 Å². The van der Waals surface area contributed by atoms with E-state index in [-0.39, 0.29) is 11.7 Å². The van der Waals surface area contributed by atoms with Gasteiger partial charge in [-0.05, 0) is 11.1 Å². The van der Waals surface area contributed by atoms with E-state index in [9.17, 15) is 9.59 Å². The zero-order chi connectivity index (χ0) is 18.1. The number of aromatic nitrogens is 1. The molecule has 4 rings (SSSR count). The number of carbonyl (C=O) groups excluding carboxylic acids is 1. The van der Waals surface area contributed by atoms with Crippen LogP contribution in [0.15, 0.2) is 35.1 Å². The molecule has 2 aromatic rings. The maximum absolute atomic E-state index is 12.6. The Hall–Kier alpha value is -2.60. The van der Waals surface area contributed by atoms with Gasteiger partial charge in [-0.1, -0.05) is 24.3 Å². The Kier molecular flexibility index (Phi) is 4.51. The predicted molar refractivity (Wildman–Crippen MR) is 96.9 cm³/mol. The average molecular weight is 354 g/mol. The molecule has 0 saturated carbocycles. The first kappa shape index (κ1) is 16.8. The molecule has 0 atom stereocenters. The average Bonchev–Trinajstić information content (AvgIpc) is 2.88. The Labute approximate surface area is 151 Å². The van der Waals surface area contributed by atoms with Crippen molar-refractivity contribution in [3.8, 4) is 5.75 Å². The van der Waals surface area contributed by atoms with Crippen molar-refractivity contribution in [2.75, 3.05) is 20.2 Å². The van der Waals surface area contributed by atoms with Crippen LogP contribution in [0, 0.1) is 0 Å². The second-order valence-electron chi connectivity index (χ2n) is 6.73. The van der Waals surface area contributed by atoms with Crippen LogP contribution in [-0.4, -0.2) is 36.8 Å². The van der Waals surface area contributed by atoms with Gasteiger partial charge in [0.15, 0.2) is 0 Å². The number of methoxy groups -OCH3 is 1. The van der Waals surface area contributed by atoms with E-state index in [4.69, 9.17) is 9.47 Å². The van der Waals surface area contributed by atoms with E-state index in [1.807, 2.05) is 12.1 Å². The molecule has 6 nitrogen and oxygen atoms in total. The van der Waals surface area contributed by atoms with Gasteiger partial charge in [-0.25, -0.2) is 4.79 Å². The van der Waals surface area contributed by atoms with Crippen LogP contribution in [0.25, 0.3) is 0 Å². The lowest BCUT2D eigenvalue weighted by atomic mass is 10.1. The van der Waals surface area contributed by atoms with Crippen molar-refractivity contribution in [2.45, 2.75) is 31.9 Å². The van der Waals surface area contributed by atoms with Crippen LogP contribution in [0.5, 0.6) is 5.75 Å². The van der Waals surface area contributed by atoms with Crippen molar-refractivity contribution in [2.24, 2.45) is 0 Å². The van der Waals surface area contributed by atoms with Gasteiger partial charge in [-0.2, -0.15) is 0 Å². The third-order valence-electron chi connectivity index (χ3n) is 5.13. The minimum Gasteiger partial charge on any atom is -0.489 e. The molecule has 0 unspecified atom stereocenters. The summed E-state index contributed by atoms with van der Waals surface area (Å²) in [7, 11) is 1.36. The number of hydrogen-bond donors (Lipinski definition) is 1. The highest BCUT2D eigenvalue weighted by Gasteiger charge is 2.28. The summed E-state index contributed by atoms with van der Waals surface area (Å²) in [5.41, 5.74) is 3.45. The second kappa shape index (κ2) is 6.96. The number of nitrogens with one attached hydrogen (secondary N) is 1. The quantitative estimate of drug-likeness (QED) is 0.842. The zero-order valence-corrected chi connectivity index (χ0v) is 14.8. The van der Waals surface area contributed by atoms with Crippen molar-refractivity contribution in [1.82, 2.24) is 9.88 Å². The number of rotatable bonds is 3. The van der Waals surface area contributed by atoms with Crippen LogP contribution in [-0.2, 0) is 30.5 Å². The fourth-order valence-corrected chi connectivity index (χ4v) is 3.89. The van der Waals surface area contributed by atoms with Crippen molar-refractivity contribution < 1.29 is 14.3 Å². The van der Waals surface area contributed by atoms with Gasteiger partial charge in [0.2, 0.25) is 0 Å². The lowest BCUT2D eigenvalue weighted by Gasteiger charge is -2.20. The summed E-state index contributed by atoms with van der Waals surface area (Å²) in [5, 5.41) is 3.26. The third kappa shape index (κ3) is 3.01. The highest BCUT2D eigenvalue weighted by atomic mass is 16.5. The second-order valence-corrected chi connectivity index (χ2v) is 6.73. The third-order valence-corrected chi connectivity index (χ3v) is 5.13. The molecule has 26 heavy (non-hydrogen) atoms. The Balaban J connectivity index is 1.72. The molecular formula is C20H22N2O4. The summed E-state index contributed by atoms with van der Waals surface area (Å²) in [5.74, 6) is -0.117. The molecule has 1 aliphatic carbocycles. The molecule has 1 aromatic heterocycles. The molecule has 1 aliphatic heterocycles. The van der Waals surface area contributed by atoms with E-state index < -0.39 is 5.97 Å². The fourth-order valence-electron chi connectivity index (χ4n) is 3.89. The highest BCUT2D eigenvalue weighted by molar-refractivity contribution is 5.93. The molecule has 136 valence electrons.